The summed E-state index contributed by atoms with van der Waals surface area (Å²) in [6.07, 6.45) is 2.35. The van der Waals surface area contributed by atoms with Crippen LogP contribution in [0.3, 0.4) is 0 Å². The Balaban J connectivity index is 2.99. The van der Waals surface area contributed by atoms with Gasteiger partial charge >= 0.3 is 0 Å². The molecule has 0 radical (unpaired) electrons. The van der Waals surface area contributed by atoms with Crippen molar-refractivity contribution in [3.8, 4) is 0 Å². The van der Waals surface area contributed by atoms with Crippen molar-refractivity contribution in [2.24, 2.45) is 0 Å². The van der Waals surface area contributed by atoms with E-state index in [1.807, 2.05) is 0 Å². The van der Waals surface area contributed by atoms with E-state index in [2.05, 4.69) is 14.7 Å². The SMILES string of the molecule is CC(C)NS(=O)(=O)c1cnc(N)nc1. The summed E-state index contributed by atoms with van der Waals surface area (Å²) in [4.78, 5) is 7.21. The first-order valence-corrected chi connectivity index (χ1v) is 5.50. The van der Waals surface area contributed by atoms with Gasteiger partial charge in [-0.15, -0.1) is 0 Å². The summed E-state index contributed by atoms with van der Waals surface area (Å²) in [7, 11) is -3.51. The zero-order valence-electron chi connectivity index (χ0n) is 7.93. The van der Waals surface area contributed by atoms with Crippen molar-refractivity contribution in [3.05, 3.63) is 12.4 Å². The number of sulfonamides is 1. The van der Waals surface area contributed by atoms with Gasteiger partial charge in [-0.2, -0.15) is 0 Å². The molecule has 0 atom stereocenters. The van der Waals surface area contributed by atoms with E-state index in [4.69, 9.17) is 5.73 Å². The van der Waals surface area contributed by atoms with Crippen LogP contribution in [-0.4, -0.2) is 24.4 Å². The van der Waals surface area contributed by atoms with Crippen molar-refractivity contribution in [1.82, 2.24) is 14.7 Å². The molecular weight excluding hydrogens is 204 g/mol. The van der Waals surface area contributed by atoms with Crippen LogP contribution in [0.5, 0.6) is 0 Å². The zero-order valence-corrected chi connectivity index (χ0v) is 8.75. The first-order valence-electron chi connectivity index (χ1n) is 4.01. The van der Waals surface area contributed by atoms with Crippen LogP contribution in [0, 0.1) is 0 Å². The van der Waals surface area contributed by atoms with Crippen molar-refractivity contribution in [2.45, 2.75) is 24.8 Å². The molecule has 1 heterocycles. The minimum atomic E-state index is -3.51. The number of aromatic nitrogens is 2. The van der Waals surface area contributed by atoms with Gasteiger partial charge < -0.3 is 5.73 Å². The van der Waals surface area contributed by atoms with Crippen molar-refractivity contribution in [3.63, 3.8) is 0 Å². The van der Waals surface area contributed by atoms with Gasteiger partial charge in [-0.3, -0.25) is 0 Å². The van der Waals surface area contributed by atoms with Gasteiger partial charge in [0.05, 0.1) is 12.4 Å². The van der Waals surface area contributed by atoms with Gasteiger partial charge in [0.1, 0.15) is 4.90 Å². The van der Waals surface area contributed by atoms with E-state index in [1.165, 1.54) is 12.4 Å². The molecule has 0 unspecified atom stereocenters. The van der Waals surface area contributed by atoms with Crippen LogP contribution >= 0.6 is 0 Å². The lowest BCUT2D eigenvalue weighted by atomic mass is 10.4. The summed E-state index contributed by atoms with van der Waals surface area (Å²) in [6, 6.07) is -0.169. The van der Waals surface area contributed by atoms with Gasteiger partial charge in [-0.25, -0.2) is 23.1 Å². The monoisotopic (exact) mass is 216 g/mol. The number of anilines is 1. The molecule has 7 heteroatoms. The fourth-order valence-corrected chi connectivity index (χ4v) is 1.98. The third-order valence-electron chi connectivity index (χ3n) is 1.35. The number of hydrogen-bond donors (Lipinski definition) is 2. The Bertz CT molecular complexity index is 398. The van der Waals surface area contributed by atoms with Gasteiger partial charge in [0.2, 0.25) is 16.0 Å². The maximum Gasteiger partial charge on any atom is 0.243 e. The highest BCUT2D eigenvalue weighted by Gasteiger charge is 2.15. The summed E-state index contributed by atoms with van der Waals surface area (Å²) < 4.78 is 25.5. The highest BCUT2D eigenvalue weighted by atomic mass is 32.2. The molecule has 0 saturated heterocycles. The molecule has 0 fully saturated rings. The quantitative estimate of drug-likeness (QED) is 0.725. The van der Waals surface area contributed by atoms with Crippen LogP contribution in [0.15, 0.2) is 17.3 Å². The Hall–Kier alpha value is -1.21. The van der Waals surface area contributed by atoms with Crippen LogP contribution in [0.4, 0.5) is 5.95 Å². The second-order valence-corrected chi connectivity index (χ2v) is 4.77. The Morgan fingerprint density at radius 2 is 1.86 bits per heavy atom. The molecule has 14 heavy (non-hydrogen) atoms. The van der Waals surface area contributed by atoms with E-state index in [0.717, 1.165) is 0 Å². The molecule has 0 saturated carbocycles. The molecule has 78 valence electrons. The highest BCUT2D eigenvalue weighted by molar-refractivity contribution is 7.89. The highest BCUT2D eigenvalue weighted by Crippen LogP contribution is 2.06. The molecule has 1 aromatic heterocycles. The zero-order chi connectivity index (χ0) is 10.8. The molecule has 1 aromatic rings. The standard InChI is InChI=1S/C7H12N4O2S/c1-5(2)11-14(12,13)6-3-9-7(8)10-4-6/h3-5,11H,1-2H3,(H2,8,9,10). The average Bonchev–Trinajstić information content (AvgIpc) is 2.02. The molecule has 0 aromatic carbocycles. The van der Waals surface area contributed by atoms with Gasteiger partial charge in [0, 0.05) is 6.04 Å². The van der Waals surface area contributed by atoms with Crippen LogP contribution in [0.25, 0.3) is 0 Å². The van der Waals surface area contributed by atoms with Gasteiger partial charge in [0.15, 0.2) is 0 Å². The van der Waals surface area contributed by atoms with Crippen LogP contribution in [0.2, 0.25) is 0 Å². The molecular formula is C7H12N4O2S. The van der Waals surface area contributed by atoms with Crippen molar-refractivity contribution >= 4 is 16.0 Å². The maximum absolute atomic E-state index is 11.5. The Kier molecular flexibility index (Phi) is 3.02. The van der Waals surface area contributed by atoms with E-state index in [0.29, 0.717) is 0 Å². The molecule has 0 aliphatic heterocycles. The largest absolute Gasteiger partial charge is 0.368 e. The Morgan fingerprint density at radius 3 is 2.29 bits per heavy atom. The first-order chi connectivity index (χ1) is 6.42. The van der Waals surface area contributed by atoms with Crippen LogP contribution in [-0.2, 0) is 10.0 Å². The van der Waals surface area contributed by atoms with Crippen molar-refractivity contribution < 1.29 is 8.42 Å². The molecule has 0 aliphatic rings. The Morgan fingerprint density at radius 1 is 1.36 bits per heavy atom. The molecule has 3 N–H and O–H groups in total. The minimum Gasteiger partial charge on any atom is -0.368 e. The van der Waals surface area contributed by atoms with Gasteiger partial charge in [0.25, 0.3) is 0 Å². The molecule has 1 rings (SSSR count). The van der Waals surface area contributed by atoms with Gasteiger partial charge in [-0.05, 0) is 13.8 Å². The van der Waals surface area contributed by atoms with Crippen molar-refractivity contribution in [1.29, 1.82) is 0 Å². The van der Waals surface area contributed by atoms with E-state index in [1.54, 1.807) is 13.8 Å². The number of nitrogens with zero attached hydrogens (tertiary/aromatic N) is 2. The lowest BCUT2D eigenvalue weighted by Gasteiger charge is -2.08. The molecule has 0 amide bonds. The second-order valence-electron chi connectivity index (χ2n) is 3.05. The van der Waals surface area contributed by atoms with E-state index in [9.17, 15) is 8.42 Å². The topological polar surface area (TPSA) is 98.0 Å². The number of rotatable bonds is 3. The summed E-state index contributed by atoms with van der Waals surface area (Å²) in [5.74, 6) is 0.0495. The number of nitrogens with one attached hydrogen (secondary N) is 1. The smallest absolute Gasteiger partial charge is 0.243 e. The van der Waals surface area contributed by atoms with Crippen molar-refractivity contribution in [2.75, 3.05) is 5.73 Å². The average molecular weight is 216 g/mol. The van der Waals surface area contributed by atoms with E-state index < -0.39 is 10.0 Å². The maximum atomic E-state index is 11.5. The lowest BCUT2D eigenvalue weighted by molar-refractivity contribution is 0.569. The predicted molar refractivity (Wildman–Crippen MR) is 51.9 cm³/mol. The summed E-state index contributed by atoms with van der Waals surface area (Å²) >= 11 is 0. The van der Waals surface area contributed by atoms with Crippen LogP contribution in [0.1, 0.15) is 13.8 Å². The van der Waals surface area contributed by atoms with Gasteiger partial charge in [-0.1, -0.05) is 0 Å². The molecule has 0 bridgehead atoms. The van der Waals surface area contributed by atoms with E-state index in [-0.39, 0.29) is 16.9 Å². The number of nitrogens with two attached hydrogens (primary N) is 1. The normalized spacial score (nSPS) is 11.9. The fraction of sp³-hybridized carbons (Fsp3) is 0.429. The fourth-order valence-electron chi connectivity index (χ4n) is 0.843. The van der Waals surface area contributed by atoms with Crippen LogP contribution < -0.4 is 10.5 Å². The first kappa shape index (κ1) is 10.9. The molecule has 0 spiro atoms. The summed E-state index contributed by atoms with van der Waals surface area (Å²) in [6.45, 7) is 3.46. The third kappa shape index (κ3) is 2.64. The van der Waals surface area contributed by atoms with E-state index >= 15 is 0 Å². The third-order valence-corrected chi connectivity index (χ3v) is 2.96. The predicted octanol–water partition coefficient (Wildman–Crippen LogP) is -0.254. The second kappa shape index (κ2) is 3.89. The number of hydrogen-bond acceptors (Lipinski definition) is 5. The summed E-state index contributed by atoms with van der Waals surface area (Å²) in [5, 5.41) is 0. The molecule has 0 aliphatic carbocycles. The Labute approximate surface area is 82.6 Å². The number of nitrogen functional groups attached to an aromatic ring is 1. The lowest BCUT2D eigenvalue weighted by Crippen LogP contribution is -2.30. The summed E-state index contributed by atoms with van der Waals surface area (Å²) in [5.41, 5.74) is 5.23. The minimum absolute atomic E-state index is 0.0143. The molecule has 6 nitrogen and oxygen atoms in total.